The number of aliphatic hydroxyl groups is 1. The Bertz CT molecular complexity index is 552. The van der Waals surface area contributed by atoms with Crippen LogP contribution in [0.15, 0.2) is 18.3 Å². The van der Waals surface area contributed by atoms with Crippen molar-refractivity contribution in [3.05, 3.63) is 52.6 Å². The van der Waals surface area contributed by atoms with Gasteiger partial charge < -0.3 is 5.11 Å². The molecule has 18 heavy (non-hydrogen) atoms. The molecular weight excluding hydrogens is 245 g/mol. The van der Waals surface area contributed by atoms with Gasteiger partial charge in [-0.15, -0.1) is 0 Å². The molecule has 6 heteroatoms. The van der Waals surface area contributed by atoms with Gasteiger partial charge >= 0.3 is 0 Å². The summed E-state index contributed by atoms with van der Waals surface area (Å²) in [5.74, 6) is -3.27. The minimum absolute atomic E-state index is 0.263. The van der Waals surface area contributed by atoms with Gasteiger partial charge in [0.15, 0.2) is 0 Å². The highest BCUT2D eigenvalue weighted by Gasteiger charge is 2.24. The van der Waals surface area contributed by atoms with E-state index in [4.69, 9.17) is 0 Å². The van der Waals surface area contributed by atoms with E-state index in [0.29, 0.717) is 17.7 Å². The van der Waals surface area contributed by atoms with Gasteiger partial charge in [-0.25, -0.2) is 13.2 Å². The van der Waals surface area contributed by atoms with Crippen molar-refractivity contribution >= 4 is 0 Å². The van der Waals surface area contributed by atoms with Crippen LogP contribution in [0.2, 0.25) is 0 Å². The zero-order valence-corrected chi connectivity index (χ0v) is 9.78. The second kappa shape index (κ2) is 4.45. The molecule has 0 amide bonds. The molecule has 0 spiro atoms. The first kappa shape index (κ1) is 12.6. The van der Waals surface area contributed by atoms with Crippen LogP contribution in [0.25, 0.3) is 0 Å². The van der Waals surface area contributed by atoms with E-state index >= 15 is 0 Å². The molecule has 0 aliphatic rings. The summed E-state index contributed by atoms with van der Waals surface area (Å²) in [7, 11) is 1.55. The molecule has 96 valence electrons. The quantitative estimate of drug-likeness (QED) is 0.894. The maximum atomic E-state index is 13.5. The Hall–Kier alpha value is -1.82. The Balaban J connectivity index is 2.56. The Labute approximate surface area is 101 Å². The van der Waals surface area contributed by atoms with E-state index < -0.39 is 29.1 Å². The highest BCUT2D eigenvalue weighted by atomic mass is 19.1. The van der Waals surface area contributed by atoms with Crippen LogP contribution in [0.4, 0.5) is 13.2 Å². The Kier molecular flexibility index (Phi) is 3.13. The van der Waals surface area contributed by atoms with Crippen LogP contribution >= 0.6 is 0 Å². The van der Waals surface area contributed by atoms with E-state index in [1.54, 1.807) is 14.0 Å². The fourth-order valence-electron chi connectivity index (χ4n) is 1.90. The molecule has 1 heterocycles. The zero-order chi connectivity index (χ0) is 13.4. The lowest BCUT2D eigenvalue weighted by Crippen LogP contribution is -2.12. The first-order chi connectivity index (χ1) is 8.41. The molecule has 1 aromatic heterocycles. The molecule has 0 saturated heterocycles. The molecule has 2 aromatic rings. The summed E-state index contributed by atoms with van der Waals surface area (Å²) >= 11 is 0. The number of benzene rings is 1. The summed E-state index contributed by atoms with van der Waals surface area (Å²) in [5.41, 5.74) is 0.274. The Morgan fingerprint density at radius 2 is 1.78 bits per heavy atom. The number of rotatable bonds is 2. The summed E-state index contributed by atoms with van der Waals surface area (Å²) in [5, 5.41) is 13.9. The smallest absolute Gasteiger partial charge is 0.135 e. The van der Waals surface area contributed by atoms with Crippen molar-refractivity contribution in [1.29, 1.82) is 0 Å². The third-order valence-corrected chi connectivity index (χ3v) is 2.75. The van der Waals surface area contributed by atoms with Crippen molar-refractivity contribution in [3.63, 3.8) is 0 Å². The highest BCUT2D eigenvalue weighted by molar-refractivity contribution is 5.32. The number of halogens is 3. The molecule has 0 aliphatic carbocycles. The maximum absolute atomic E-state index is 13.5. The van der Waals surface area contributed by atoms with Crippen molar-refractivity contribution in [3.8, 4) is 0 Å². The van der Waals surface area contributed by atoms with Gasteiger partial charge in [0.1, 0.15) is 23.6 Å². The van der Waals surface area contributed by atoms with Gasteiger partial charge in [0, 0.05) is 19.2 Å². The topological polar surface area (TPSA) is 38.0 Å². The van der Waals surface area contributed by atoms with Crippen LogP contribution in [0.1, 0.15) is 22.9 Å². The number of aliphatic hydroxyl groups excluding tert-OH is 1. The van der Waals surface area contributed by atoms with Crippen molar-refractivity contribution in [1.82, 2.24) is 9.78 Å². The second-order valence-corrected chi connectivity index (χ2v) is 4.02. The standard InChI is InChI=1S/C12H11F3N2O/c1-6-5-16-17(2)11(6)12(18)10-8(14)3-7(13)4-9(10)15/h3-5,12,18H,1-2H3. The predicted octanol–water partition coefficient (Wildman–Crippen LogP) is 2.23. The fourth-order valence-corrected chi connectivity index (χ4v) is 1.90. The summed E-state index contributed by atoms with van der Waals surface area (Å²) < 4.78 is 41.2. The van der Waals surface area contributed by atoms with E-state index in [-0.39, 0.29) is 5.69 Å². The molecule has 2 rings (SSSR count). The summed E-state index contributed by atoms with van der Waals surface area (Å²) in [6.45, 7) is 1.66. The molecule has 1 atom stereocenters. The van der Waals surface area contributed by atoms with Gasteiger partial charge in [-0.3, -0.25) is 4.68 Å². The summed E-state index contributed by atoms with van der Waals surface area (Å²) in [6, 6.07) is 1.07. The highest BCUT2D eigenvalue weighted by Crippen LogP contribution is 2.28. The molecule has 0 radical (unpaired) electrons. The molecule has 0 bridgehead atoms. The number of nitrogens with zero attached hydrogens (tertiary/aromatic N) is 2. The lowest BCUT2D eigenvalue weighted by molar-refractivity contribution is 0.198. The normalized spacial score (nSPS) is 12.8. The average molecular weight is 256 g/mol. The van der Waals surface area contributed by atoms with Crippen LogP contribution in [-0.4, -0.2) is 14.9 Å². The lowest BCUT2D eigenvalue weighted by atomic mass is 10.0. The van der Waals surface area contributed by atoms with Crippen LogP contribution < -0.4 is 0 Å². The second-order valence-electron chi connectivity index (χ2n) is 4.02. The minimum Gasteiger partial charge on any atom is -0.382 e. The van der Waals surface area contributed by atoms with Gasteiger partial charge in [0.25, 0.3) is 0 Å². The number of hydrogen-bond donors (Lipinski definition) is 1. The van der Waals surface area contributed by atoms with E-state index in [0.717, 1.165) is 0 Å². The first-order valence-electron chi connectivity index (χ1n) is 5.22. The van der Waals surface area contributed by atoms with Gasteiger partial charge in [-0.05, 0) is 12.5 Å². The van der Waals surface area contributed by atoms with Gasteiger partial charge in [-0.1, -0.05) is 0 Å². The largest absolute Gasteiger partial charge is 0.382 e. The monoisotopic (exact) mass is 256 g/mol. The van der Waals surface area contributed by atoms with Gasteiger partial charge in [0.05, 0.1) is 17.5 Å². The van der Waals surface area contributed by atoms with Crippen molar-refractivity contribution in [2.75, 3.05) is 0 Å². The molecule has 3 nitrogen and oxygen atoms in total. The molecule has 1 aromatic carbocycles. The summed E-state index contributed by atoms with van der Waals surface area (Å²) in [6.07, 6.45) is -0.0594. The number of aromatic nitrogens is 2. The predicted molar refractivity (Wildman–Crippen MR) is 58.3 cm³/mol. The van der Waals surface area contributed by atoms with Crippen LogP contribution in [0.3, 0.4) is 0 Å². The van der Waals surface area contributed by atoms with E-state index in [1.807, 2.05) is 0 Å². The van der Waals surface area contributed by atoms with Gasteiger partial charge in [-0.2, -0.15) is 5.10 Å². The molecule has 1 N–H and O–H groups in total. The van der Waals surface area contributed by atoms with E-state index in [1.165, 1.54) is 10.9 Å². The third-order valence-electron chi connectivity index (χ3n) is 2.75. The van der Waals surface area contributed by atoms with Crippen molar-refractivity contribution < 1.29 is 18.3 Å². The van der Waals surface area contributed by atoms with Gasteiger partial charge in [0.2, 0.25) is 0 Å². The molecule has 0 aliphatic heterocycles. The average Bonchev–Trinajstić information content (AvgIpc) is 2.56. The number of hydrogen-bond acceptors (Lipinski definition) is 2. The SMILES string of the molecule is Cc1cnn(C)c1C(O)c1c(F)cc(F)cc1F. The zero-order valence-electron chi connectivity index (χ0n) is 9.78. The molecule has 1 unspecified atom stereocenters. The molecule has 0 fully saturated rings. The Morgan fingerprint density at radius 3 is 2.22 bits per heavy atom. The fraction of sp³-hybridized carbons (Fsp3) is 0.250. The van der Waals surface area contributed by atoms with E-state index in [2.05, 4.69) is 5.10 Å². The number of aryl methyl sites for hydroxylation is 2. The maximum Gasteiger partial charge on any atom is 0.135 e. The van der Waals surface area contributed by atoms with Crippen LogP contribution in [-0.2, 0) is 7.05 Å². The van der Waals surface area contributed by atoms with Crippen LogP contribution in [0.5, 0.6) is 0 Å². The van der Waals surface area contributed by atoms with Crippen molar-refractivity contribution in [2.45, 2.75) is 13.0 Å². The molecule has 0 saturated carbocycles. The minimum atomic E-state index is -1.53. The van der Waals surface area contributed by atoms with Crippen LogP contribution in [0, 0.1) is 24.4 Å². The first-order valence-corrected chi connectivity index (χ1v) is 5.22. The lowest BCUT2D eigenvalue weighted by Gasteiger charge is -2.14. The Morgan fingerprint density at radius 1 is 1.22 bits per heavy atom. The summed E-state index contributed by atoms with van der Waals surface area (Å²) in [4.78, 5) is 0. The van der Waals surface area contributed by atoms with E-state index in [9.17, 15) is 18.3 Å². The third kappa shape index (κ3) is 1.99. The molecular formula is C12H11F3N2O. The van der Waals surface area contributed by atoms with Crippen molar-refractivity contribution in [2.24, 2.45) is 7.05 Å².